The number of hydrogen-bond donors (Lipinski definition) is 1. The molecule has 92 valence electrons. The molecule has 1 aromatic carbocycles. The summed E-state index contributed by atoms with van der Waals surface area (Å²) in [5.41, 5.74) is 1.79. The van der Waals surface area contributed by atoms with Crippen molar-refractivity contribution in [2.45, 2.75) is 25.7 Å². The Kier molecular flexibility index (Phi) is 5.37. The van der Waals surface area contributed by atoms with Gasteiger partial charge in [-0.25, -0.2) is 0 Å². The average molecular weight is 248 g/mol. The van der Waals surface area contributed by atoms with E-state index < -0.39 is 5.41 Å². The average Bonchev–Trinajstić information content (AvgIpc) is 2.35. The van der Waals surface area contributed by atoms with Crippen LogP contribution in [0.1, 0.15) is 25.8 Å². The molecule has 0 saturated carbocycles. The summed E-state index contributed by atoms with van der Waals surface area (Å²) in [4.78, 5) is 0. The van der Waals surface area contributed by atoms with Gasteiger partial charge in [0.05, 0.1) is 11.5 Å². The molecule has 0 amide bonds. The van der Waals surface area contributed by atoms with Crippen LogP contribution in [-0.4, -0.2) is 18.6 Å². The maximum absolute atomic E-state index is 9.05. The monoisotopic (exact) mass is 248 g/mol. The van der Waals surface area contributed by atoms with Crippen molar-refractivity contribution < 1.29 is 0 Å². The number of rotatable bonds is 6. The molecule has 0 aliphatic heterocycles. The summed E-state index contributed by atoms with van der Waals surface area (Å²) < 4.78 is 0. The molecule has 0 heterocycles. The van der Waals surface area contributed by atoms with Crippen LogP contribution in [0.4, 0.5) is 5.69 Å². The third-order valence-electron chi connectivity index (χ3n) is 2.74. The molecule has 0 radical (unpaired) electrons. The number of hydrogen-bond acceptors (Lipinski definition) is 3. The summed E-state index contributed by atoms with van der Waals surface area (Å²) in [6.45, 7) is 4.88. The maximum atomic E-state index is 9.05. The van der Waals surface area contributed by atoms with E-state index in [1.54, 1.807) is 0 Å². The van der Waals surface area contributed by atoms with Gasteiger partial charge in [-0.3, -0.25) is 0 Å². The first-order chi connectivity index (χ1) is 8.10. The van der Waals surface area contributed by atoms with Crippen LogP contribution in [0.25, 0.3) is 0 Å². The molecule has 0 aromatic heterocycles. The zero-order valence-corrected chi connectivity index (χ0v) is 11.6. The highest BCUT2D eigenvalue weighted by molar-refractivity contribution is 7.98. The van der Waals surface area contributed by atoms with Crippen LogP contribution in [0.3, 0.4) is 0 Å². The zero-order valence-electron chi connectivity index (χ0n) is 10.8. The van der Waals surface area contributed by atoms with Crippen LogP contribution in [0.15, 0.2) is 24.3 Å². The van der Waals surface area contributed by atoms with Crippen molar-refractivity contribution in [2.24, 2.45) is 0 Å². The molecule has 3 heteroatoms. The predicted molar refractivity (Wildman–Crippen MR) is 76.6 cm³/mol. The lowest BCUT2D eigenvalue weighted by molar-refractivity contribution is 0.687. The Morgan fingerprint density at radius 3 is 2.47 bits per heavy atom. The van der Waals surface area contributed by atoms with Gasteiger partial charge in [0, 0.05) is 12.2 Å². The number of thioether (sulfide) groups is 1. The number of nitriles is 1. The molecule has 0 spiro atoms. The molecule has 1 aromatic rings. The molecule has 0 aliphatic carbocycles. The van der Waals surface area contributed by atoms with Crippen LogP contribution < -0.4 is 5.32 Å². The normalized spacial score (nSPS) is 10.9. The third kappa shape index (κ3) is 4.32. The highest BCUT2D eigenvalue weighted by Gasteiger charge is 2.18. The van der Waals surface area contributed by atoms with Crippen molar-refractivity contribution in [3.63, 3.8) is 0 Å². The van der Waals surface area contributed by atoms with Crippen molar-refractivity contribution in [3.05, 3.63) is 29.8 Å². The maximum Gasteiger partial charge on any atom is 0.0766 e. The Morgan fingerprint density at radius 1 is 1.29 bits per heavy atom. The molecule has 0 fully saturated rings. The second kappa shape index (κ2) is 6.56. The number of benzene rings is 1. The second-order valence-electron chi connectivity index (χ2n) is 4.59. The Labute approximate surface area is 108 Å². The third-order valence-corrected chi connectivity index (χ3v) is 3.44. The van der Waals surface area contributed by atoms with Gasteiger partial charge in [0.1, 0.15) is 0 Å². The van der Waals surface area contributed by atoms with E-state index in [1.807, 2.05) is 49.9 Å². The number of anilines is 1. The van der Waals surface area contributed by atoms with Crippen molar-refractivity contribution in [3.8, 4) is 6.07 Å². The minimum atomic E-state index is -0.405. The molecule has 17 heavy (non-hydrogen) atoms. The predicted octanol–water partition coefficient (Wildman–Crippen LogP) is 3.65. The van der Waals surface area contributed by atoms with Crippen LogP contribution in [0.2, 0.25) is 0 Å². The smallest absolute Gasteiger partial charge is 0.0766 e. The highest BCUT2D eigenvalue weighted by atomic mass is 32.2. The van der Waals surface area contributed by atoms with Crippen LogP contribution in [0.5, 0.6) is 0 Å². The SMILES string of the molecule is CSCCCNc1ccc(C(C)(C)C#N)cc1. The highest BCUT2D eigenvalue weighted by Crippen LogP contribution is 2.23. The fourth-order valence-corrected chi connectivity index (χ4v) is 1.95. The first-order valence-corrected chi connectivity index (χ1v) is 7.24. The summed E-state index contributed by atoms with van der Waals surface area (Å²) in [5, 5.41) is 12.4. The van der Waals surface area contributed by atoms with Gasteiger partial charge in [-0.05, 0) is 50.0 Å². The van der Waals surface area contributed by atoms with Crippen molar-refractivity contribution in [1.29, 1.82) is 5.26 Å². The molecule has 0 atom stereocenters. The van der Waals surface area contributed by atoms with E-state index in [4.69, 9.17) is 5.26 Å². The summed E-state index contributed by atoms with van der Waals surface area (Å²) >= 11 is 1.87. The van der Waals surface area contributed by atoms with E-state index in [9.17, 15) is 0 Å². The van der Waals surface area contributed by atoms with Crippen molar-refractivity contribution in [2.75, 3.05) is 23.9 Å². The standard InChI is InChI=1S/C14H20N2S/c1-14(2,11-15)12-5-7-13(8-6-12)16-9-4-10-17-3/h5-8,16H,4,9-10H2,1-3H3. The van der Waals surface area contributed by atoms with Gasteiger partial charge in [0.2, 0.25) is 0 Å². The van der Waals surface area contributed by atoms with Gasteiger partial charge in [-0.1, -0.05) is 12.1 Å². The minimum Gasteiger partial charge on any atom is -0.385 e. The fourth-order valence-electron chi connectivity index (χ4n) is 1.52. The lowest BCUT2D eigenvalue weighted by Gasteiger charge is -2.16. The fraction of sp³-hybridized carbons (Fsp3) is 0.500. The first-order valence-electron chi connectivity index (χ1n) is 5.85. The molecule has 1 rings (SSSR count). The first kappa shape index (κ1) is 13.9. The quantitative estimate of drug-likeness (QED) is 0.781. The number of nitrogens with one attached hydrogen (secondary N) is 1. The van der Waals surface area contributed by atoms with Gasteiger partial charge in [0.25, 0.3) is 0 Å². The summed E-state index contributed by atoms with van der Waals surface area (Å²) in [6.07, 6.45) is 3.30. The molecule has 0 aliphatic rings. The molecule has 2 nitrogen and oxygen atoms in total. The molecule has 0 bridgehead atoms. The summed E-state index contributed by atoms with van der Waals surface area (Å²) in [7, 11) is 0. The van der Waals surface area contributed by atoms with E-state index >= 15 is 0 Å². The van der Waals surface area contributed by atoms with Crippen molar-refractivity contribution in [1.82, 2.24) is 0 Å². The molecule has 0 saturated heterocycles. The topological polar surface area (TPSA) is 35.8 Å². The van der Waals surface area contributed by atoms with Crippen LogP contribution in [-0.2, 0) is 5.41 Å². The van der Waals surface area contributed by atoms with Gasteiger partial charge in [0.15, 0.2) is 0 Å². The van der Waals surface area contributed by atoms with E-state index in [0.717, 1.165) is 17.8 Å². The number of nitrogens with zero attached hydrogens (tertiary/aromatic N) is 1. The van der Waals surface area contributed by atoms with Crippen LogP contribution >= 0.6 is 11.8 Å². The summed E-state index contributed by atoms with van der Waals surface area (Å²) in [5.74, 6) is 1.19. The Hall–Kier alpha value is -1.14. The van der Waals surface area contributed by atoms with Gasteiger partial charge < -0.3 is 5.32 Å². The van der Waals surface area contributed by atoms with Gasteiger partial charge in [-0.2, -0.15) is 17.0 Å². The van der Waals surface area contributed by atoms with Crippen molar-refractivity contribution >= 4 is 17.4 Å². The second-order valence-corrected chi connectivity index (χ2v) is 5.57. The minimum absolute atomic E-state index is 0.405. The Bertz CT molecular complexity index is 376. The molecular weight excluding hydrogens is 228 g/mol. The van der Waals surface area contributed by atoms with E-state index in [0.29, 0.717) is 0 Å². The lowest BCUT2D eigenvalue weighted by atomic mass is 9.86. The van der Waals surface area contributed by atoms with E-state index in [1.165, 1.54) is 12.2 Å². The summed E-state index contributed by atoms with van der Waals surface area (Å²) in [6, 6.07) is 10.5. The molecule has 1 N–H and O–H groups in total. The van der Waals surface area contributed by atoms with Gasteiger partial charge >= 0.3 is 0 Å². The Morgan fingerprint density at radius 2 is 1.94 bits per heavy atom. The van der Waals surface area contributed by atoms with E-state index in [2.05, 4.69) is 17.6 Å². The lowest BCUT2D eigenvalue weighted by Crippen LogP contribution is -2.13. The van der Waals surface area contributed by atoms with E-state index in [-0.39, 0.29) is 0 Å². The Balaban J connectivity index is 2.54. The van der Waals surface area contributed by atoms with Gasteiger partial charge in [-0.15, -0.1) is 0 Å². The van der Waals surface area contributed by atoms with Crippen LogP contribution in [0, 0.1) is 11.3 Å². The molecule has 0 unspecified atom stereocenters. The zero-order chi connectivity index (χ0) is 12.7. The largest absolute Gasteiger partial charge is 0.385 e. The molecular formula is C14H20N2S.